The lowest BCUT2D eigenvalue weighted by molar-refractivity contribution is -0.124. The molecule has 1 saturated heterocycles. The topological polar surface area (TPSA) is 75.7 Å². The van der Waals surface area contributed by atoms with Crippen molar-refractivity contribution in [2.24, 2.45) is 0 Å². The van der Waals surface area contributed by atoms with Crippen molar-refractivity contribution >= 4 is 17.7 Å². The highest BCUT2D eigenvalue weighted by Crippen LogP contribution is 2.21. The molecule has 1 aromatic carbocycles. The molecule has 6 nitrogen and oxygen atoms in total. The molecule has 3 amide bonds. The van der Waals surface area contributed by atoms with Gasteiger partial charge in [-0.15, -0.1) is 0 Å². The van der Waals surface area contributed by atoms with Gasteiger partial charge in [0.2, 0.25) is 5.91 Å². The highest BCUT2D eigenvalue weighted by molar-refractivity contribution is 6.08. The van der Waals surface area contributed by atoms with Crippen LogP contribution in [0.25, 0.3) is 0 Å². The number of hydrogen-bond acceptors (Lipinski definition) is 4. The zero-order valence-corrected chi connectivity index (χ0v) is 10.7. The van der Waals surface area contributed by atoms with E-state index in [4.69, 9.17) is 4.74 Å². The summed E-state index contributed by atoms with van der Waals surface area (Å²) in [5.74, 6) is -0.288. The zero-order valence-electron chi connectivity index (χ0n) is 10.7. The molecule has 100 valence electrons. The standard InChI is InChI=1S/C13H14N2O4/c1-8-3-4-9(11(5-8)19-2)10(16)7-15-12(17)6-14-13(15)18/h3-5H,6-7H2,1-2H3,(H,14,18). The number of nitrogens with zero attached hydrogens (tertiary/aromatic N) is 1. The van der Waals surface area contributed by atoms with E-state index in [9.17, 15) is 14.4 Å². The van der Waals surface area contributed by atoms with Crippen LogP contribution in [0.1, 0.15) is 15.9 Å². The van der Waals surface area contributed by atoms with E-state index in [0.717, 1.165) is 10.5 Å². The minimum Gasteiger partial charge on any atom is -0.496 e. The number of carbonyl (C=O) groups is 3. The summed E-state index contributed by atoms with van der Waals surface area (Å²) < 4.78 is 5.14. The van der Waals surface area contributed by atoms with Gasteiger partial charge in [-0.25, -0.2) is 4.79 Å². The summed E-state index contributed by atoms with van der Waals surface area (Å²) in [4.78, 5) is 35.8. The minimum absolute atomic E-state index is 0.0584. The van der Waals surface area contributed by atoms with Crippen LogP contribution in [-0.2, 0) is 4.79 Å². The summed E-state index contributed by atoms with van der Waals surface area (Å²) >= 11 is 0. The van der Waals surface area contributed by atoms with Crippen molar-refractivity contribution in [2.75, 3.05) is 20.2 Å². The fourth-order valence-corrected chi connectivity index (χ4v) is 1.87. The highest BCUT2D eigenvalue weighted by Gasteiger charge is 2.31. The molecule has 0 unspecified atom stereocenters. The normalized spacial score (nSPS) is 14.5. The molecule has 1 aromatic rings. The lowest BCUT2D eigenvalue weighted by Crippen LogP contribution is -2.35. The van der Waals surface area contributed by atoms with E-state index in [1.807, 2.05) is 6.92 Å². The van der Waals surface area contributed by atoms with E-state index in [1.165, 1.54) is 7.11 Å². The molecule has 0 aliphatic carbocycles. The number of carbonyl (C=O) groups excluding carboxylic acids is 3. The van der Waals surface area contributed by atoms with Gasteiger partial charge in [0.25, 0.3) is 0 Å². The van der Waals surface area contributed by atoms with Gasteiger partial charge in [0.1, 0.15) is 5.75 Å². The predicted molar refractivity (Wildman–Crippen MR) is 67.2 cm³/mol. The predicted octanol–water partition coefficient (Wildman–Crippen LogP) is 0.738. The Hall–Kier alpha value is -2.37. The summed E-state index contributed by atoms with van der Waals surface area (Å²) in [6, 6.07) is 4.61. The number of ketones is 1. The molecule has 0 saturated carbocycles. The van der Waals surface area contributed by atoms with Crippen LogP contribution in [0.15, 0.2) is 18.2 Å². The molecule has 0 atom stereocenters. The van der Waals surface area contributed by atoms with Gasteiger partial charge in [-0.1, -0.05) is 6.07 Å². The second-order valence-corrected chi connectivity index (χ2v) is 4.27. The Morgan fingerprint density at radius 3 is 2.74 bits per heavy atom. The van der Waals surface area contributed by atoms with Crippen LogP contribution in [0.3, 0.4) is 0 Å². The van der Waals surface area contributed by atoms with E-state index in [1.54, 1.807) is 18.2 Å². The molecule has 6 heteroatoms. The van der Waals surface area contributed by atoms with E-state index >= 15 is 0 Å². The molecular weight excluding hydrogens is 248 g/mol. The monoisotopic (exact) mass is 262 g/mol. The molecule has 0 aromatic heterocycles. The molecule has 1 N–H and O–H groups in total. The van der Waals surface area contributed by atoms with Crippen molar-refractivity contribution in [3.63, 3.8) is 0 Å². The lowest BCUT2D eigenvalue weighted by atomic mass is 10.1. The number of rotatable bonds is 4. The van der Waals surface area contributed by atoms with Crippen molar-refractivity contribution in [3.8, 4) is 5.75 Å². The van der Waals surface area contributed by atoms with Crippen molar-refractivity contribution in [1.29, 1.82) is 0 Å². The molecule has 0 spiro atoms. The van der Waals surface area contributed by atoms with E-state index in [0.29, 0.717) is 11.3 Å². The molecule has 1 aliphatic rings. The Kier molecular flexibility index (Phi) is 3.50. The van der Waals surface area contributed by atoms with E-state index in [-0.39, 0.29) is 18.9 Å². The maximum absolute atomic E-state index is 12.1. The maximum Gasteiger partial charge on any atom is 0.325 e. The molecule has 0 radical (unpaired) electrons. The summed E-state index contributed by atoms with van der Waals surface area (Å²) in [7, 11) is 1.47. The average molecular weight is 262 g/mol. The third-order valence-electron chi connectivity index (χ3n) is 2.90. The Morgan fingerprint density at radius 1 is 1.42 bits per heavy atom. The van der Waals surface area contributed by atoms with Crippen molar-refractivity contribution < 1.29 is 19.1 Å². The molecule has 1 fully saturated rings. The number of methoxy groups -OCH3 is 1. The van der Waals surface area contributed by atoms with E-state index < -0.39 is 11.9 Å². The van der Waals surface area contributed by atoms with Gasteiger partial charge in [0, 0.05) is 0 Å². The lowest BCUT2D eigenvalue weighted by Gasteiger charge is -2.13. The number of urea groups is 1. The van der Waals surface area contributed by atoms with Gasteiger partial charge >= 0.3 is 6.03 Å². The van der Waals surface area contributed by atoms with Gasteiger partial charge in [-0.05, 0) is 24.6 Å². The minimum atomic E-state index is -0.538. The van der Waals surface area contributed by atoms with Crippen LogP contribution in [0.5, 0.6) is 5.75 Å². The van der Waals surface area contributed by atoms with Gasteiger partial charge in [0.05, 0.1) is 25.8 Å². The number of nitrogens with one attached hydrogen (secondary N) is 1. The quantitative estimate of drug-likeness (QED) is 0.641. The largest absolute Gasteiger partial charge is 0.496 e. The number of imide groups is 1. The van der Waals surface area contributed by atoms with Crippen LogP contribution in [0.2, 0.25) is 0 Å². The van der Waals surface area contributed by atoms with Gasteiger partial charge in [0.15, 0.2) is 5.78 Å². The number of amides is 3. The molecule has 0 bridgehead atoms. The smallest absolute Gasteiger partial charge is 0.325 e. The van der Waals surface area contributed by atoms with Crippen molar-refractivity contribution in [2.45, 2.75) is 6.92 Å². The first-order valence-electron chi connectivity index (χ1n) is 5.79. The van der Waals surface area contributed by atoms with Crippen LogP contribution >= 0.6 is 0 Å². The number of benzene rings is 1. The molecule has 19 heavy (non-hydrogen) atoms. The molecular formula is C13H14N2O4. The van der Waals surface area contributed by atoms with Crippen LogP contribution in [-0.4, -0.2) is 42.8 Å². The highest BCUT2D eigenvalue weighted by atomic mass is 16.5. The fraction of sp³-hybridized carbons (Fsp3) is 0.308. The molecule has 2 rings (SSSR count). The SMILES string of the molecule is COc1cc(C)ccc1C(=O)CN1C(=O)CNC1=O. The van der Waals surface area contributed by atoms with Crippen molar-refractivity contribution in [1.82, 2.24) is 10.2 Å². The first kappa shape index (κ1) is 13.1. The van der Waals surface area contributed by atoms with Gasteiger partial charge < -0.3 is 10.1 Å². The van der Waals surface area contributed by atoms with Crippen LogP contribution in [0, 0.1) is 6.92 Å². The number of hydrogen-bond donors (Lipinski definition) is 1. The average Bonchev–Trinajstić information content (AvgIpc) is 2.70. The Balaban J connectivity index is 2.20. The third kappa shape index (κ3) is 2.57. The van der Waals surface area contributed by atoms with E-state index in [2.05, 4.69) is 5.32 Å². The Bertz CT molecular complexity index is 538. The fourth-order valence-electron chi connectivity index (χ4n) is 1.87. The Morgan fingerprint density at radius 2 is 2.16 bits per heavy atom. The van der Waals surface area contributed by atoms with Crippen molar-refractivity contribution in [3.05, 3.63) is 29.3 Å². The second-order valence-electron chi connectivity index (χ2n) is 4.27. The van der Waals surface area contributed by atoms with Gasteiger partial charge in [-0.3, -0.25) is 14.5 Å². The first-order valence-corrected chi connectivity index (χ1v) is 5.79. The number of aryl methyl sites for hydroxylation is 1. The van der Waals surface area contributed by atoms with Gasteiger partial charge in [-0.2, -0.15) is 0 Å². The van der Waals surface area contributed by atoms with Crippen LogP contribution < -0.4 is 10.1 Å². The summed E-state index contributed by atoms with van der Waals surface area (Å²) in [5, 5.41) is 2.37. The number of Topliss-reactive ketones (excluding diaryl/α,β-unsaturated/α-hetero) is 1. The summed E-state index contributed by atoms with van der Waals surface area (Å²) in [6.07, 6.45) is 0. The first-order chi connectivity index (χ1) is 9.02. The molecule has 1 aliphatic heterocycles. The zero-order chi connectivity index (χ0) is 14.0. The second kappa shape index (κ2) is 5.09. The number of ether oxygens (including phenoxy) is 1. The third-order valence-corrected chi connectivity index (χ3v) is 2.90. The summed E-state index contributed by atoms with van der Waals surface area (Å²) in [5.41, 5.74) is 1.32. The Labute approximate surface area is 110 Å². The summed E-state index contributed by atoms with van der Waals surface area (Å²) in [6.45, 7) is 1.55. The van der Waals surface area contributed by atoms with Crippen LogP contribution in [0.4, 0.5) is 4.79 Å². The molecule has 1 heterocycles. The maximum atomic E-state index is 12.1.